The number of hydrogen-bond donors (Lipinski definition) is 2. The Labute approximate surface area is 89.9 Å². The molecular formula is C12H18FNO. The van der Waals surface area contributed by atoms with Gasteiger partial charge in [-0.25, -0.2) is 4.39 Å². The van der Waals surface area contributed by atoms with Crippen molar-refractivity contribution in [2.45, 2.75) is 31.8 Å². The Bertz CT molecular complexity index is 303. The monoisotopic (exact) mass is 211 g/mol. The Kier molecular flexibility index (Phi) is 4.72. The highest BCUT2D eigenvalue weighted by molar-refractivity contribution is 5.22. The van der Waals surface area contributed by atoms with Gasteiger partial charge in [0.1, 0.15) is 5.82 Å². The molecule has 0 saturated carbocycles. The molecule has 0 heterocycles. The van der Waals surface area contributed by atoms with Crippen LogP contribution in [0.4, 0.5) is 4.39 Å². The summed E-state index contributed by atoms with van der Waals surface area (Å²) in [7, 11) is 0. The van der Waals surface area contributed by atoms with Crippen LogP contribution >= 0.6 is 0 Å². The molecule has 1 rings (SSSR count). The van der Waals surface area contributed by atoms with Crippen LogP contribution in [0.1, 0.15) is 31.2 Å². The highest BCUT2D eigenvalue weighted by atomic mass is 19.1. The molecule has 1 aromatic carbocycles. The molecule has 0 radical (unpaired) electrons. The van der Waals surface area contributed by atoms with Crippen molar-refractivity contribution in [3.8, 4) is 0 Å². The number of halogens is 1. The molecule has 15 heavy (non-hydrogen) atoms. The van der Waals surface area contributed by atoms with Gasteiger partial charge in [0.25, 0.3) is 0 Å². The lowest BCUT2D eigenvalue weighted by atomic mass is 9.91. The second-order valence-corrected chi connectivity index (χ2v) is 3.75. The maximum atomic E-state index is 13.0. The molecule has 2 nitrogen and oxygen atoms in total. The van der Waals surface area contributed by atoms with Crippen molar-refractivity contribution in [2.75, 3.05) is 6.54 Å². The van der Waals surface area contributed by atoms with Gasteiger partial charge < -0.3 is 10.8 Å². The number of aliphatic hydroxyl groups excluding tert-OH is 1. The molecule has 0 aromatic heterocycles. The van der Waals surface area contributed by atoms with E-state index >= 15 is 0 Å². The van der Waals surface area contributed by atoms with E-state index in [1.807, 2.05) is 6.92 Å². The van der Waals surface area contributed by atoms with Crippen molar-refractivity contribution >= 4 is 0 Å². The molecule has 0 aliphatic heterocycles. The van der Waals surface area contributed by atoms with Gasteiger partial charge >= 0.3 is 0 Å². The van der Waals surface area contributed by atoms with Gasteiger partial charge in [-0.3, -0.25) is 0 Å². The molecule has 0 aliphatic rings. The van der Waals surface area contributed by atoms with E-state index < -0.39 is 6.10 Å². The van der Waals surface area contributed by atoms with E-state index in [9.17, 15) is 9.50 Å². The molecule has 0 aliphatic carbocycles. The molecule has 3 heteroatoms. The molecule has 0 spiro atoms. The third-order valence-corrected chi connectivity index (χ3v) is 2.58. The highest BCUT2D eigenvalue weighted by Crippen LogP contribution is 2.22. The highest BCUT2D eigenvalue weighted by Gasteiger charge is 2.19. The Balaban J connectivity index is 2.82. The van der Waals surface area contributed by atoms with Crippen molar-refractivity contribution in [1.82, 2.24) is 0 Å². The van der Waals surface area contributed by atoms with Crippen LogP contribution < -0.4 is 5.73 Å². The summed E-state index contributed by atoms with van der Waals surface area (Å²) in [5.74, 6) is -0.449. The van der Waals surface area contributed by atoms with Crippen LogP contribution in [0.25, 0.3) is 0 Å². The lowest BCUT2D eigenvalue weighted by Crippen LogP contribution is -2.25. The molecule has 2 unspecified atom stereocenters. The summed E-state index contributed by atoms with van der Waals surface area (Å²) in [6, 6.07) is 6.28. The first-order chi connectivity index (χ1) is 7.19. The summed E-state index contributed by atoms with van der Waals surface area (Å²) in [5, 5.41) is 9.85. The van der Waals surface area contributed by atoms with E-state index in [-0.39, 0.29) is 11.7 Å². The first-order valence-electron chi connectivity index (χ1n) is 5.32. The zero-order valence-electron chi connectivity index (χ0n) is 8.99. The minimum absolute atomic E-state index is 0.166. The summed E-state index contributed by atoms with van der Waals surface area (Å²) < 4.78 is 13.0. The average molecular weight is 211 g/mol. The number of nitrogens with two attached hydrogens (primary N) is 1. The van der Waals surface area contributed by atoms with Crippen LogP contribution in [0.3, 0.4) is 0 Å². The lowest BCUT2D eigenvalue weighted by molar-refractivity contribution is 0.135. The number of hydrogen-bond acceptors (Lipinski definition) is 2. The zero-order valence-corrected chi connectivity index (χ0v) is 8.99. The molecule has 1 aromatic rings. The summed E-state index contributed by atoms with van der Waals surface area (Å²) in [6.07, 6.45) is 1.10. The van der Waals surface area contributed by atoms with E-state index in [0.29, 0.717) is 13.0 Å². The molecule has 2 atom stereocenters. The Morgan fingerprint density at radius 3 is 2.73 bits per heavy atom. The summed E-state index contributed by atoms with van der Waals surface area (Å²) >= 11 is 0. The predicted molar refractivity (Wildman–Crippen MR) is 59.1 cm³/mol. The Morgan fingerprint density at radius 2 is 2.20 bits per heavy atom. The summed E-state index contributed by atoms with van der Waals surface area (Å²) in [4.78, 5) is 0. The van der Waals surface area contributed by atoms with Crippen molar-refractivity contribution < 1.29 is 9.50 Å². The van der Waals surface area contributed by atoms with E-state index in [1.54, 1.807) is 12.1 Å². The fourth-order valence-electron chi connectivity index (χ4n) is 1.75. The Morgan fingerprint density at radius 1 is 1.47 bits per heavy atom. The third-order valence-electron chi connectivity index (χ3n) is 2.58. The Hall–Kier alpha value is -0.930. The van der Waals surface area contributed by atoms with Crippen molar-refractivity contribution in [3.63, 3.8) is 0 Å². The minimum atomic E-state index is -0.484. The van der Waals surface area contributed by atoms with Gasteiger partial charge in [-0.1, -0.05) is 25.5 Å². The van der Waals surface area contributed by atoms with Gasteiger partial charge in [-0.2, -0.15) is 0 Å². The number of rotatable bonds is 5. The largest absolute Gasteiger partial charge is 0.392 e. The predicted octanol–water partition coefficient (Wildman–Crippen LogP) is 2.03. The standard InChI is InChI=1S/C12H18FNO/c1-2-4-12(15)11(8-14)9-5-3-6-10(13)7-9/h3,5-7,11-12,15H,2,4,8,14H2,1H3. The second-order valence-electron chi connectivity index (χ2n) is 3.75. The van der Waals surface area contributed by atoms with Gasteiger partial charge in [0.15, 0.2) is 0 Å². The SMILES string of the molecule is CCCC(O)C(CN)c1cccc(F)c1. The van der Waals surface area contributed by atoms with Crippen molar-refractivity contribution in [3.05, 3.63) is 35.6 Å². The van der Waals surface area contributed by atoms with Crippen LogP contribution in [0, 0.1) is 5.82 Å². The van der Waals surface area contributed by atoms with Gasteiger partial charge in [-0.05, 0) is 24.1 Å². The lowest BCUT2D eigenvalue weighted by Gasteiger charge is -2.21. The fourth-order valence-corrected chi connectivity index (χ4v) is 1.75. The third kappa shape index (κ3) is 3.29. The topological polar surface area (TPSA) is 46.2 Å². The van der Waals surface area contributed by atoms with Crippen LogP contribution in [0.2, 0.25) is 0 Å². The van der Waals surface area contributed by atoms with Crippen LogP contribution in [-0.2, 0) is 0 Å². The molecule has 3 N–H and O–H groups in total. The molecule has 84 valence electrons. The fraction of sp³-hybridized carbons (Fsp3) is 0.500. The zero-order chi connectivity index (χ0) is 11.3. The van der Waals surface area contributed by atoms with Crippen LogP contribution in [-0.4, -0.2) is 17.8 Å². The smallest absolute Gasteiger partial charge is 0.123 e. The van der Waals surface area contributed by atoms with Gasteiger partial charge in [0, 0.05) is 12.5 Å². The van der Waals surface area contributed by atoms with Gasteiger partial charge in [0.05, 0.1) is 6.10 Å². The number of benzene rings is 1. The molecule has 0 amide bonds. The normalized spacial score (nSPS) is 14.9. The van der Waals surface area contributed by atoms with E-state index in [0.717, 1.165) is 12.0 Å². The van der Waals surface area contributed by atoms with E-state index in [2.05, 4.69) is 0 Å². The van der Waals surface area contributed by atoms with Crippen LogP contribution in [0.15, 0.2) is 24.3 Å². The molecule has 0 fully saturated rings. The van der Waals surface area contributed by atoms with E-state index in [1.165, 1.54) is 12.1 Å². The first kappa shape index (κ1) is 12.1. The molecule has 0 bridgehead atoms. The van der Waals surface area contributed by atoms with Crippen molar-refractivity contribution in [2.24, 2.45) is 5.73 Å². The quantitative estimate of drug-likeness (QED) is 0.782. The average Bonchev–Trinajstić information content (AvgIpc) is 2.19. The molecular weight excluding hydrogens is 193 g/mol. The van der Waals surface area contributed by atoms with Gasteiger partial charge in [0.2, 0.25) is 0 Å². The second kappa shape index (κ2) is 5.83. The molecule has 0 saturated heterocycles. The summed E-state index contributed by atoms with van der Waals surface area (Å²) in [6.45, 7) is 2.34. The first-order valence-corrected chi connectivity index (χ1v) is 5.32. The van der Waals surface area contributed by atoms with E-state index in [4.69, 9.17) is 5.73 Å². The summed E-state index contributed by atoms with van der Waals surface area (Å²) in [5.41, 5.74) is 6.38. The van der Waals surface area contributed by atoms with Gasteiger partial charge in [-0.15, -0.1) is 0 Å². The minimum Gasteiger partial charge on any atom is -0.392 e. The maximum Gasteiger partial charge on any atom is 0.123 e. The van der Waals surface area contributed by atoms with Crippen LogP contribution in [0.5, 0.6) is 0 Å². The number of aliphatic hydroxyl groups is 1. The van der Waals surface area contributed by atoms with Crippen molar-refractivity contribution in [1.29, 1.82) is 0 Å². The maximum absolute atomic E-state index is 13.0.